The van der Waals surface area contributed by atoms with E-state index >= 15 is 0 Å². The van der Waals surface area contributed by atoms with Gasteiger partial charge in [-0.3, -0.25) is 4.98 Å². The van der Waals surface area contributed by atoms with Crippen LogP contribution in [0.1, 0.15) is 31.4 Å². The largest absolute Gasteiger partial charge is 0.381 e. The highest BCUT2D eigenvalue weighted by Gasteiger charge is 2.26. The van der Waals surface area contributed by atoms with Crippen molar-refractivity contribution in [1.82, 2.24) is 10.3 Å². The van der Waals surface area contributed by atoms with Crippen molar-refractivity contribution in [3.05, 3.63) is 42.1 Å². The van der Waals surface area contributed by atoms with Crippen LogP contribution in [0.2, 0.25) is 0 Å². The molecule has 2 aromatic rings. The van der Waals surface area contributed by atoms with Gasteiger partial charge < -0.3 is 10.1 Å². The van der Waals surface area contributed by atoms with Gasteiger partial charge >= 0.3 is 0 Å². The molecular weight excluding hydrogens is 248 g/mol. The van der Waals surface area contributed by atoms with Gasteiger partial charge in [0.15, 0.2) is 0 Å². The first-order chi connectivity index (χ1) is 9.88. The number of pyridine rings is 1. The van der Waals surface area contributed by atoms with Crippen molar-refractivity contribution in [3.8, 4) is 0 Å². The molecule has 0 aliphatic carbocycles. The Kier molecular flexibility index (Phi) is 4.28. The van der Waals surface area contributed by atoms with Crippen LogP contribution >= 0.6 is 0 Å². The van der Waals surface area contributed by atoms with Gasteiger partial charge in [-0.25, -0.2) is 0 Å². The summed E-state index contributed by atoms with van der Waals surface area (Å²) in [6.07, 6.45) is 4.14. The quantitative estimate of drug-likeness (QED) is 0.905. The smallest absolute Gasteiger partial charge is 0.0702 e. The van der Waals surface area contributed by atoms with Gasteiger partial charge in [-0.05, 0) is 43.1 Å². The number of rotatable bonds is 5. The molecule has 1 saturated heterocycles. The van der Waals surface area contributed by atoms with E-state index in [0.29, 0.717) is 12.0 Å². The molecular formula is C17H22N2O. The molecule has 1 N–H and O–H groups in total. The number of fused-ring (bicyclic) bond motifs is 1. The van der Waals surface area contributed by atoms with E-state index in [2.05, 4.69) is 41.5 Å². The molecule has 3 rings (SSSR count). The number of hydrogen-bond acceptors (Lipinski definition) is 3. The predicted molar refractivity (Wildman–Crippen MR) is 81.7 cm³/mol. The van der Waals surface area contributed by atoms with E-state index in [1.54, 1.807) is 0 Å². The highest BCUT2D eigenvalue weighted by molar-refractivity contribution is 5.79. The van der Waals surface area contributed by atoms with Crippen molar-refractivity contribution >= 4 is 10.9 Å². The molecule has 20 heavy (non-hydrogen) atoms. The fourth-order valence-corrected chi connectivity index (χ4v) is 2.96. The highest BCUT2D eigenvalue weighted by atomic mass is 16.5. The van der Waals surface area contributed by atoms with Gasteiger partial charge in [-0.1, -0.05) is 19.1 Å². The number of benzene rings is 1. The van der Waals surface area contributed by atoms with Crippen LogP contribution in [-0.4, -0.2) is 24.7 Å². The lowest BCUT2D eigenvalue weighted by Crippen LogP contribution is -2.29. The van der Waals surface area contributed by atoms with Crippen LogP contribution in [0.3, 0.4) is 0 Å². The van der Waals surface area contributed by atoms with E-state index in [4.69, 9.17) is 4.74 Å². The zero-order chi connectivity index (χ0) is 13.8. The van der Waals surface area contributed by atoms with Crippen LogP contribution in [-0.2, 0) is 4.74 Å². The molecule has 1 aromatic carbocycles. The summed E-state index contributed by atoms with van der Waals surface area (Å²) in [6.45, 7) is 5.02. The van der Waals surface area contributed by atoms with Crippen LogP contribution in [0.5, 0.6) is 0 Å². The summed E-state index contributed by atoms with van der Waals surface area (Å²) in [5.74, 6) is 0.579. The van der Waals surface area contributed by atoms with Crippen LogP contribution in [0.15, 0.2) is 36.5 Å². The molecule has 0 spiro atoms. The maximum Gasteiger partial charge on any atom is 0.0702 e. The summed E-state index contributed by atoms with van der Waals surface area (Å²) in [6, 6.07) is 11.1. The van der Waals surface area contributed by atoms with Gasteiger partial charge in [0.1, 0.15) is 0 Å². The fourth-order valence-electron chi connectivity index (χ4n) is 2.96. The van der Waals surface area contributed by atoms with Crippen LogP contribution in [0, 0.1) is 5.92 Å². The van der Waals surface area contributed by atoms with Gasteiger partial charge in [0.2, 0.25) is 0 Å². The molecule has 1 aliphatic heterocycles. The summed E-state index contributed by atoms with van der Waals surface area (Å²) in [5.41, 5.74) is 2.42. The maximum absolute atomic E-state index is 5.57. The van der Waals surface area contributed by atoms with E-state index in [1.807, 2.05) is 12.3 Å². The Labute approximate surface area is 120 Å². The molecule has 3 nitrogen and oxygen atoms in total. The minimum absolute atomic E-state index is 0.391. The monoisotopic (exact) mass is 270 g/mol. The topological polar surface area (TPSA) is 34.2 Å². The number of hydrogen-bond donors (Lipinski definition) is 1. The Bertz CT molecular complexity index is 564. The standard InChI is InChI=1S/C17H22N2O/c1-2-8-19-17(15-7-10-20-12-15)14-5-6-16-13(11-14)4-3-9-18-16/h3-6,9,11,15,17,19H,2,7-8,10,12H2,1H3. The molecule has 0 amide bonds. The first kappa shape index (κ1) is 13.5. The number of aromatic nitrogens is 1. The minimum atomic E-state index is 0.391. The fraction of sp³-hybridized carbons (Fsp3) is 0.471. The average Bonchev–Trinajstić information content (AvgIpc) is 3.02. The molecule has 1 aromatic heterocycles. The lowest BCUT2D eigenvalue weighted by molar-refractivity contribution is 0.176. The Balaban J connectivity index is 1.90. The summed E-state index contributed by atoms with van der Waals surface area (Å²) in [5, 5.41) is 4.91. The molecule has 2 unspecified atom stereocenters. The van der Waals surface area contributed by atoms with Crippen molar-refractivity contribution in [2.45, 2.75) is 25.8 Å². The second-order valence-corrected chi connectivity index (χ2v) is 5.51. The second kappa shape index (κ2) is 6.33. The third-order valence-corrected chi connectivity index (χ3v) is 4.04. The molecule has 106 valence electrons. The third kappa shape index (κ3) is 2.84. The molecule has 1 aliphatic rings. The number of nitrogens with zero attached hydrogens (tertiary/aromatic N) is 1. The SMILES string of the molecule is CCCNC(c1ccc2ncccc2c1)C1CCOC1. The number of ether oxygens (including phenoxy) is 1. The van der Waals surface area contributed by atoms with Crippen LogP contribution in [0.25, 0.3) is 10.9 Å². The maximum atomic E-state index is 5.57. The minimum Gasteiger partial charge on any atom is -0.381 e. The summed E-state index contributed by atoms with van der Waals surface area (Å²) in [7, 11) is 0. The summed E-state index contributed by atoms with van der Waals surface area (Å²) >= 11 is 0. The Hall–Kier alpha value is -1.45. The molecule has 2 heterocycles. The van der Waals surface area contributed by atoms with Crippen molar-refractivity contribution < 1.29 is 4.74 Å². The van der Waals surface area contributed by atoms with Crippen LogP contribution in [0.4, 0.5) is 0 Å². The van der Waals surface area contributed by atoms with Crippen LogP contribution < -0.4 is 5.32 Å². The van der Waals surface area contributed by atoms with Crippen molar-refractivity contribution in [1.29, 1.82) is 0 Å². The van der Waals surface area contributed by atoms with E-state index in [9.17, 15) is 0 Å². The van der Waals surface area contributed by atoms with E-state index < -0.39 is 0 Å². The molecule has 2 atom stereocenters. The second-order valence-electron chi connectivity index (χ2n) is 5.51. The molecule has 1 fully saturated rings. The van der Waals surface area contributed by atoms with E-state index in [-0.39, 0.29) is 0 Å². The zero-order valence-corrected chi connectivity index (χ0v) is 12.0. The summed E-state index contributed by atoms with van der Waals surface area (Å²) < 4.78 is 5.57. The predicted octanol–water partition coefficient (Wildman–Crippen LogP) is 3.31. The van der Waals surface area contributed by atoms with Gasteiger partial charge in [0, 0.05) is 30.1 Å². The number of nitrogens with one attached hydrogen (secondary N) is 1. The van der Waals surface area contributed by atoms with Gasteiger partial charge in [0.05, 0.1) is 12.1 Å². The zero-order valence-electron chi connectivity index (χ0n) is 12.0. The van der Waals surface area contributed by atoms with Gasteiger partial charge in [-0.15, -0.1) is 0 Å². The van der Waals surface area contributed by atoms with Crippen molar-refractivity contribution in [2.75, 3.05) is 19.8 Å². The Morgan fingerprint density at radius 1 is 1.40 bits per heavy atom. The first-order valence-electron chi connectivity index (χ1n) is 7.54. The molecule has 0 radical (unpaired) electrons. The average molecular weight is 270 g/mol. The Morgan fingerprint density at radius 3 is 3.15 bits per heavy atom. The third-order valence-electron chi connectivity index (χ3n) is 4.04. The van der Waals surface area contributed by atoms with Gasteiger partial charge in [0.25, 0.3) is 0 Å². The van der Waals surface area contributed by atoms with Gasteiger partial charge in [-0.2, -0.15) is 0 Å². The molecule has 0 bridgehead atoms. The lowest BCUT2D eigenvalue weighted by atomic mass is 9.91. The Morgan fingerprint density at radius 2 is 2.35 bits per heavy atom. The lowest BCUT2D eigenvalue weighted by Gasteiger charge is -2.24. The molecule has 3 heteroatoms. The van der Waals surface area contributed by atoms with E-state index in [0.717, 1.165) is 38.1 Å². The summed E-state index contributed by atoms with van der Waals surface area (Å²) in [4.78, 5) is 4.40. The van der Waals surface area contributed by atoms with Crippen molar-refractivity contribution in [2.24, 2.45) is 5.92 Å². The first-order valence-corrected chi connectivity index (χ1v) is 7.54. The molecule has 0 saturated carbocycles. The highest BCUT2D eigenvalue weighted by Crippen LogP contribution is 2.30. The normalized spacial score (nSPS) is 20.4. The van der Waals surface area contributed by atoms with E-state index in [1.165, 1.54) is 10.9 Å². The van der Waals surface area contributed by atoms with Crippen molar-refractivity contribution in [3.63, 3.8) is 0 Å².